The summed E-state index contributed by atoms with van der Waals surface area (Å²) in [4.78, 5) is 42.3. The molecule has 1 saturated carbocycles. The number of ketones is 2. The van der Waals surface area contributed by atoms with Crippen molar-refractivity contribution in [3.05, 3.63) is 150 Å². The van der Waals surface area contributed by atoms with Crippen LogP contribution in [0.1, 0.15) is 102 Å². The third-order valence-corrected chi connectivity index (χ3v) is 12.6. The molecule has 2 aliphatic carbocycles. The molecular weight excluding hydrogens is 721 g/mol. The van der Waals surface area contributed by atoms with E-state index < -0.39 is 5.97 Å². The van der Waals surface area contributed by atoms with E-state index in [0.717, 1.165) is 31.6 Å². The fourth-order valence-electron chi connectivity index (χ4n) is 7.60. The number of hydrogen-bond acceptors (Lipinski definition) is 7. The van der Waals surface area contributed by atoms with Gasteiger partial charge in [-0.15, -0.1) is 0 Å². The molecule has 0 heterocycles. The summed E-state index contributed by atoms with van der Waals surface area (Å²) < 4.78 is 10.6. The van der Waals surface area contributed by atoms with E-state index in [0.29, 0.717) is 33.9 Å². The van der Waals surface area contributed by atoms with E-state index in [9.17, 15) is 14.4 Å². The Morgan fingerprint density at radius 2 is 1.18 bits per heavy atom. The first-order valence-electron chi connectivity index (χ1n) is 19.3. The van der Waals surface area contributed by atoms with Gasteiger partial charge in [0.15, 0.2) is 11.6 Å². The highest BCUT2D eigenvalue weighted by atomic mass is 32.2. The number of carbonyl (C=O) groups excluding carboxylic acids is 3. The topological polar surface area (TPSA) is 69.7 Å². The van der Waals surface area contributed by atoms with Crippen molar-refractivity contribution in [2.75, 3.05) is 13.2 Å². The molecule has 2 aliphatic rings. The van der Waals surface area contributed by atoms with Crippen molar-refractivity contribution in [1.82, 2.24) is 0 Å². The SMILES string of the molecule is C=CC(=O)OCCOc1ccc(Sc2ccc3c(c2)C(=O)c2ccc(Sc4ccc(-c5ccc(C6CCC(CCCCC)CC6)cc5)cc4)cc2C3=O)cc1. The maximum atomic E-state index is 13.7. The van der Waals surface area contributed by atoms with Crippen LogP contribution in [0.3, 0.4) is 0 Å². The van der Waals surface area contributed by atoms with E-state index in [1.807, 2.05) is 42.5 Å². The molecule has 5 nitrogen and oxygen atoms in total. The van der Waals surface area contributed by atoms with Crippen LogP contribution >= 0.6 is 23.5 Å². The van der Waals surface area contributed by atoms with Crippen molar-refractivity contribution < 1.29 is 23.9 Å². The number of fused-ring (bicyclic) bond motifs is 2. The summed E-state index contributed by atoms with van der Waals surface area (Å²) in [7, 11) is 0. The molecule has 0 radical (unpaired) electrons. The zero-order valence-corrected chi connectivity index (χ0v) is 32.9. The predicted molar refractivity (Wildman–Crippen MR) is 222 cm³/mol. The molecule has 5 aromatic rings. The third kappa shape index (κ3) is 9.52. The zero-order valence-electron chi connectivity index (χ0n) is 31.3. The molecule has 280 valence electrons. The maximum Gasteiger partial charge on any atom is 0.330 e. The Morgan fingerprint density at radius 3 is 1.73 bits per heavy atom. The molecule has 0 spiro atoms. The molecule has 0 N–H and O–H groups in total. The van der Waals surface area contributed by atoms with Crippen molar-refractivity contribution in [3.63, 3.8) is 0 Å². The summed E-state index contributed by atoms with van der Waals surface area (Å²) >= 11 is 3.09. The molecular formula is C48H46O5S2. The van der Waals surface area contributed by atoms with Gasteiger partial charge in [0.05, 0.1) is 0 Å². The van der Waals surface area contributed by atoms with Crippen LogP contribution in [0.15, 0.2) is 141 Å². The van der Waals surface area contributed by atoms with Crippen molar-refractivity contribution in [2.24, 2.45) is 5.92 Å². The normalized spacial score (nSPS) is 16.2. The van der Waals surface area contributed by atoms with Crippen LogP contribution in [0.25, 0.3) is 11.1 Å². The van der Waals surface area contributed by atoms with Crippen LogP contribution in [-0.4, -0.2) is 30.7 Å². The minimum absolute atomic E-state index is 0.135. The molecule has 7 heteroatoms. The molecule has 0 unspecified atom stereocenters. The Balaban J connectivity index is 0.945. The molecule has 0 atom stereocenters. The highest BCUT2D eigenvalue weighted by Gasteiger charge is 2.30. The van der Waals surface area contributed by atoms with Crippen LogP contribution in [0.4, 0.5) is 0 Å². The van der Waals surface area contributed by atoms with E-state index >= 15 is 0 Å². The van der Waals surface area contributed by atoms with E-state index in [1.54, 1.807) is 30.0 Å². The van der Waals surface area contributed by atoms with E-state index in [2.05, 4.69) is 62.0 Å². The van der Waals surface area contributed by atoms with Gasteiger partial charge in [0.2, 0.25) is 0 Å². The average Bonchev–Trinajstić information content (AvgIpc) is 3.22. The van der Waals surface area contributed by atoms with Gasteiger partial charge in [-0.3, -0.25) is 9.59 Å². The van der Waals surface area contributed by atoms with E-state index in [1.165, 1.54) is 79.8 Å². The van der Waals surface area contributed by atoms with Gasteiger partial charge >= 0.3 is 5.97 Å². The van der Waals surface area contributed by atoms with Gasteiger partial charge in [-0.05, 0) is 127 Å². The van der Waals surface area contributed by atoms with E-state index in [-0.39, 0.29) is 24.8 Å². The number of unbranched alkanes of at least 4 members (excludes halogenated alkanes) is 2. The summed E-state index contributed by atoms with van der Waals surface area (Å²) in [6.07, 6.45) is 11.9. The Labute approximate surface area is 332 Å². The molecule has 0 aromatic heterocycles. The number of rotatable bonds is 15. The minimum atomic E-state index is -0.485. The lowest BCUT2D eigenvalue weighted by Crippen LogP contribution is -2.20. The summed E-state index contributed by atoms with van der Waals surface area (Å²) in [5.74, 6) is 1.50. The summed E-state index contributed by atoms with van der Waals surface area (Å²) in [6, 6.07) is 36.3. The predicted octanol–water partition coefficient (Wildman–Crippen LogP) is 12.4. The molecule has 0 bridgehead atoms. The largest absolute Gasteiger partial charge is 0.490 e. The fraction of sp³-hybridized carbons (Fsp3) is 0.271. The smallest absolute Gasteiger partial charge is 0.330 e. The van der Waals surface area contributed by atoms with Gasteiger partial charge in [-0.1, -0.05) is 99.1 Å². The van der Waals surface area contributed by atoms with Crippen LogP contribution in [-0.2, 0) is 9.53 Å². The van der Waals surface area contributed by atoms with Crippen LogP contribution in [0.5, 0.6) is 5.75 Å². The van der Waals surface area contributed by atoms with Crippen molar-refractivity contribution in [3.8, 4) is 16.9 Å². The first-order chi connectivity index (χ1) is 26.9. The Kier molecular flexibility index (Phi) is 12.7. The summed E-state index contributed by atoms with van der Waals surface area (Å²) in [5, 5.41) is 0. The number of esters is 1. The lowest BCUT2D eigenvalue weighted by molar-refractivity contribution is -0.138. The molecule has 1 fully saturated rings. The van der Waals surface area contributed by atoms with Gasteiger partial charge in [0.1, 0.15) is 19.0 Å². The number of hydrogen-bond donors (Lipinski definition) is 0. The van der Waals surface area contributed by atoms with E-state index in [4.69, 9.17) is 9.47 Å². The molecule has 5 aromatic carbocycles. The second-order valence-corrected chi connectivity index (χ2v) is 16.6. The average molecular weight is 767 g/mol. The number of benzene rings is 5. The van der Waals surface area contributed by atoms with Crippen molar-refractivity contribution in [2.45, 2.75) is 83.8 Å². The highest BCUT2D eigenvalue weighted by Crippen LogP contribution is 2.40. The lowest BCUT2D eigenvalue weighted by Gasteiger charge is -2.29. The summed E-state index contributed by atoms with van der Waals surface area (Å²) in [6.45, 7) is 6.02. The molecule has 55 heavy (non-hydrogen) atoms. The Bertz CT molecular complexity index is 2150. The first-order valence-corrected chi connectivity index (χ1v) is 21.0. The molecule has 0 saturated heterocycles. The molecule has 0 aliphatic heterocycles. The Hall–Kier alpha value is -4.85. The second kappa shape index (κ2) is 18.2. The standard InChI is InChI=1S/C48H46O5S2/c1-3-5-6-7-32-8-10-33(11-9-32)34-12-14-35(15-13-34)36-16-20-38(21-17-36)54-40-24-26-42-44(30-40)47(50)43-27-25-41(31-45(43)48(42)51)55-39-22-18-37(19-23-39)52-28-29-53-46(49)4-2/h4,12-27,30-33H,2-3,5-11,28-29H2,1H3. The quantitative estimate of drug-likeness (QED) is 0.0585. The molecule has 0 amide bonds. The van der Waals surface area contributed by atoms with Crippen LogP contribution in [0.2, 0.25) is 0 Å². The summed E-state index contributed by atoms with van der Waals surface area (Å²) in [5.41, 5.74) is 5.60. The molecule has 7 rings (SSSR count). The lowest BCUT2D eigenvalue weighted by atomic mass is 9.77. The second-order valence-electron chi connectivity index (χ2n) is 14.3. The van der Waals surface area contributed by atoms with Crippen LogP contribution < -0.4 is 4.74 Å². The van der Waals surface area contributed by atoms with Gasteiger partial charge in [0, 0.05) is 47.9 Å². The first kappa shape index (κ1) is 38.4. The van der Waals surface area contributed by atoms with Crippen molar-refractivity contribution in [1.29, 1.82) is 0 Å². The zero-order chi connectivity index (χ0) is 38.1. The Morgan fingerprint density at radius 1 is 0.655 bits per heavy atom. The number of ether oxygens (including phenoxy) is 2. The van der Waals surface area contributed by atoms with Gasteiger partial charge in [0.25, 0.3) is 0 Å². The highest BCUT2D eigenvalue weighted by molar-refractivity contribution is 7.99. The minimum Gasteiger partial charge on any atom is -0.490 e. The van der Waals surface area contributed by atoms with Crippen molar-refractivity contribution >= 4 is 41.1 Å². The van der Waals surface area contributed by atoms with Crippen LogP contribution in [0, 0.1) is 5.92 Å². The fourth-order valence-corrected chi connectivity index (χ4v) is 9.32. The maximum absolute atomic E-state index is 13.7. The van der Waals surface area contributed by atoms with Gasteiger partial charge < -0.3 is 9.47 Å². The third-order valence-electron chi connectivity index (χ3n) is 10.7. The van der Waals surface area contributed by atoms with Gasteiger partial charge in [-0.25, -0.2) is 4.79 Å². The monoisotopic (exact) mass is 766 g/mol. The van der Waals surface area contributed by atoms with Gasteiger partial charge in [-0.2, -0.15) is 0 Å². The number of carbonyl (C=O) groups is 3.